The third kappa shape index (κ3) is 3.17. The van der Waals surface area contributed by atoms with Crippen molar-refractivity contribution in [2.75, 3.05) is 18.9 Å². The van der Waals surface area contributed by atoms with Gasteiger partial charge in [0, 0.05) is 30.9 Å². The van der Waals surface area contributed by atoms with Gasteiger partial charge in [0.05, 0.1) is 4.92 Å². The first-order chi connectivity index (χ1) is 7.95. The summed E-state index contributed by atoms with van der Waals surface area (Å²) in [5.74, 6) is 0. The minimum absolute atomic E-state index is 0.00181. The van der Waals surface area contributed by atoms with Crippen LogP contribution >= 0.6 is 0 Å². The lowest BCUT2D eigenvalue weighted by Gasteiger charge is -2.15. The van der Waals surface area contributed by atoms with Crippen molar-refractivity contribution in [2.45, 2.75) is 13.8 Å². The second kappa shape index (κ2) is 5.29. The zero-order valence-electron chi connectivity index (χ0n) is 10.1. The smallest absolute Gasteiger partial charge is 0.321 e. The second-order valence-corrected chi connectivity index (χ2v) is 3.70. The van der Waals surface area contributed by atoms with E-state index >= 15 is 0 Å². The number of carbonyl (C=O) groups excluding carboxylic acids is 1. The zero-order valence-corrected chi connectivity index (χ0v) is 10.1. The maximum atomic E-state index is 11.6. The van der Waals surface area contributed by atoms with Crippen molar-refractivity contribution < 1.29 is 9.72 Å². The summed E-state index contributed by atoms with van der Waals surface area (Å²) in [6.45, 7) is 4.07. The highest BCUT2D eigenvalue weighted by Crippen LogP contribution is 2.22. The van der Waals surface area contributed by atoms with Crippen molar-refractivity contribution >= 4 is 17.4 Å². The summed E-state index contributed by atoms with van der Waals surface area (Å²) >= 11 is 0. The fraction of sp³-hybridized carbons (Fsp3) is 0.364. The van der Waals surface area contributed by atoms with Gasteiger partial charge >= 0.3 is 6.03 Å². The molecule has 6 nitrogen and oxygen atoms in total. The third-order valence-corrected chi connectivity index (χ3v) is 2.48. The molecule has 0 atom stereocenters. The number of nitrogens with one attached hydrogen (secondary N) is 1. The van der Waals surface area contributed by atoms with Gasteiger partial charge in [-0.2, -0.15) is 0 Å². The van der Waals surface area contributed by atoms with Gasteiger partial charge in [-0.15, -0.1) is 0 Å². The summed E-state index contributed by atoms with van der Waals surface area (Å²) in [4.78, 5) is 23.3. The van der Waals surface area contributed by atoms with Crippen LogP contribution < -0.4 is 5.32 Å². The standard InChI is InChI=1S/C11H15N3O3/c1-4-13(3)11(15)12-9-6-5-8(2)10(7-9)14(16)17/h5-7H,4H2,1-3H3,(H,12,15). The molecule has 6 heteroatoms. The summed E-state index contributed by atoms with van der Waals surface area (Å²) in [5, 5.41) is 13.3. The van der Waals surface area contributed by atoms with Crippen LogP contribution in [0, 0.1) is 17.0 Å². The highest BCUT2D eigenvalue weighted by Gasteiger charge is 2.13. The summed E-state index contributed by atoms with van der Waals surface area (Å²) in [6, 6.07) is 4.32. The maximum Gasteiger partial charge on any atom is 0.321 e. The molecule has 0 aliphatic rings. The zero-order chi connectivity index (χ0) is 13.0. The van der Waals surface area contributed by atoms with E-state index in [0.29, 0.717) is 17.8 Å². The Morgan fingerprint density at radius 2 is 2.18 bits per heavy atom. The molecule has 2 amide bonds. The number of aryl methyl sites for hydroxylation is 1. The first kappa shape index (κ1) is 13.0. The normalized spacial score (nSPS) is 9.82. The fourth-order valence-electron chi connectivity index (χ4n) is 1.25. The molecule has 92 valence electrons. The monoisotopic (exact) mass is 237 g/mol. The molecule has 0 heterocycles. The number of hydrogen-bond donors (Lipinski definition) is 1. The van der Waals surface area contributed by atoms with Crippen LogP contribution in [0.15, 0.2) is 18.2 Å². The fourth-order valence-corrected chi connectivity index (χ4v) is 1.25. The number of amides is 2. The molecule has 0 unspecified atom stereocenters. The van der Waals surface area contributed by atoms with Crippen LogP contribution in [0.3, 0.4) is 0 Å². The van der Waals surface area contributed by atoms with Crippen LogP contribution in [0.1, 0.15) is 12.5 Å². The molecule has 0 fully saturated rings. The van der Waals surface area contributed by atoms with Gasteiger partial charge < -0.3 is 10.2 Å². The van der Waals surface area contributed by atoms with Crippen molar-refractivity contribution in [2.24, 2.45) is 0 Å². The summed E-state index contributed by atoms with van der Waals surface area (Å²) in [7, 11) is 1.65. The largest absolute Gasteiger partial charge is 0.328 e. The number of anilines is 1. The number of nitro benzene ring substituents is 1. The van der Waals surface area contributed by atoms with Gasteiger partial charge in [0.25, 0.3) is 5.69 Å². The van der Waals surface area contributed by atoms with Crippen LogP contribution in [-0.2, 0) is 0 Å². The maximum absolute atomic E-state index is 11.6. The molecule has 0 saturated heterocycles. The minimum atomic E-state index is -0.464. The molecule has 0 bridgehead atoms. The molecular formula is C11H15N3O3. The first-order valence-corrected chi connectivity index (χ1v) is 5.23. The molecule has 1 aromatic rings. The topological polar surface area (TPSA) is 75.5 Å². The Balaban J connectivity index is 2.90. The highest BCUT2D eigenvalue weighted by molar-refractivity contribution is 5.89. The van der Waals surface area contributed by atoms with Crippen molar-refractivity contribution in [3.63, 3.8) is 0 Å². The molecule has 1 rings (SSSR count). The van der Waals surface area contributed by atoms with Crippen LogP contribution in [-0.4, -0.2) is 29.4 Å². The van der Waals surface area contributed by atoms with E-state index in [9.17, 15) is 14.9 Å². The van der Waals surface area contributed by atoms with E-state index in [1.54, 1.807) is 26.1 Å². The van der Waals surface area contributed by atoms with Gasteiger partial charge in [-0.25, -0.2) is 4.79 Å². The molecule has 0 spiro atoms. The van der Waals surface area contributed by atoms with Crippen molar-refractivity contribution in [3.05, 3.63) is 33.9 Å². The summed E-state index contributed by atoms with van der Waals surface area (Å²) in [6.07, 6.45) is 0. The van der Waals surface area contributed by atoms with Crippen LogP contribution in [0.25, 0.3) is 0 Å². The Morgan fingerprint density at radius 3 is 2.71 bits per heavy atom. The van der Waals surface area contributed by atoms with Gasteiger partial charge in [-0.1, -0.05) is 6.07 Å². The number of carbonyl (C=O) groups is 1. The summed E-state index contributed by atoms with van der Waals surface area (Å²) < 4.78 is 0. The lowest BCUT2D eigenvalue weighted by atomic mass is 10.2. The van der Waals surface area contributed by atoms with E-state index in [4.69, 9.17) is 0 Å². The van der Waals surface area contributed by atoms with E-state index in [0.717, 1.165) is 0 Å². The van der Waals surface area contributed by atoms with Crippen LogP contribution in [0.4, 0.5) is 16.2 Å². The van der Waals surface area contributed by atoms with E-state index in [1.165, 1.54) is 11.0 Å². The van der Waals surface area contributed by atoms with Crippen molar-refractivity contribution in [1.29, 1.82) is 0 Å². The molecule has 1 aromatic carbocycles. The van der Waals surface area contributed by atoms with Gasteiger partial charge in [0.15, 0.2) is 0 Å². The number of benzene rings is 1. The molecule has 0 aliphatic heterocycles. The molecule has 0 radical (unpaired) electrons. The van der Waals surface area contributed by atoms with Gasteiger partial charge in [-0.3, -0.25) is 10.1 Å². The number of rotatable bonds is 3. The number of urea groups is 1. The average Bonchev–Trinajstić information content (AvgIpc) is 2.30. The lowest BCUT2D eigenvalue weighted by Crippen LogP contribution is -2.30. The van der Waals surface area contributed by atoms with E-state index in [1.807, 2.05) is 6.92 Å². The molecule has 1 N–H and O–H groups in total. The average molecular weight is 237 g/mol. The number of nitro groups is 1. The predicted molar refractivity (Wildman–Crippen MR) is 65.2 cm³/mol. The Hall–Kier alpha value is -2.11. The Bertz CT molecular complexity index is 446. The van der Waals surface area contributed by atoms with Crippen molar-refractivity contribution in [3.8, 4) is 0 Å². The summed E-state index contributed by atoms with van der Waals surface area (Å²) in [5.41, 5.74) is 0.992. The van der Waals surface area contributed by atoms with Crippen LogP contribution in [0.5, 0.6) is 0 Å². The Morgan fingerprint density at radius 1 is 1.53 bits per heavy atom. The molecular weight excluding hydrogens is 222 g/mol. The van der Waals surface area contributed by atoms with Gasteiger partial charge in [-0.05, 0) is 19.9 Å². The highest BCUT2D eigenvalue weighted by atomic mass is 16.6. The third-order valence-electron chi connectivity index (χ3n) is 2.48. The minimum Gasteiger partial charge on any atom is -0.328 e. The number of nitrogens with zero attached hydrogens (tertiary/aromatic N) is 2. The van der Waals surface area contributed by atoms with Gasteiger partial charge in [0.2, 0.25) is 0 Å². The quantitative estimate of drug-likeness (QED) is 0.647. The molecule has 17 heavy (non-hydrogen) atoms. The number of hydrogen-bond acceptors (Lipinski definition) is 3. The molecule has 0 saturated carbocycles. The molecule has 0 aromatic heterocycles. The van der Waals surface area contributed by atoms with Gasteiger partial charge in [0.1, 0.15) is 0 Å². The first-order valence-electron chi connectivity index (χ1n) is 5.23. The second-order valence-electron chi connectivity index (χ2n) is 3.70. The molecule has 0 aliphatic carbocycles. The van der Waals surface area contributed by atoms with E-state index in [-0.39, 0.29) is 11.7 Å². The van der Waals surface area contributed by atoms with E-state index in [2.05, 4.69) is 5.32 Å². The predicted octanol–water partition coefficient (Wildman–Crippen LogP) is 2.39. The van der Waals surface area contributed by atoms with Crippen LogP contribution in [0.2, 0.25) is 0 Å². The SMILES string of the molecule is CCN(C)C(=O)Nc1ccc(C)c([N+](=O)[O-])c1. The Labute approximate surface area is 99.4 Å². The van der Waals surface area contributed by atoms with Crippen molar-refractivity contribution in [1.82, 2.24) is 4.90 Å². The Kier molecular flexibility index (Phi) is 4.03. The van der Waals surface area contributed by atoms with E-state index < -0.39 is 4.92 Å². The lowest BCUT2D eigenvalue weighted by molar-refractivity contribution is -0.385.